The molecular formula is C24H23N3O2S3. The Morgan fingerprint density at radius 3 is 2.78 bits per heavy atom. The molecule has 0 saturated carbocycles. The Hall–Kier alpha value is -2.68. The molecule has 0 radical (unpaired) electrons. The molecule has 4 rings (SSSR count). The summed E-state index contributed by atoms with van der Waals surface area (Å²) in [4.78, 5) is 32.5. The number of carbonyl (C=O) groups excluding carboxylic acids is 1. The van der Waals surface area contributed by atoms with Gasteiger partial charge in [0, 0.05) is 28.9 Å². The van der Waals surface area contributed by atoms with Gasteiger partial charge in [0.05, 0.1) is 10.6 Å². The fourth-order valence-electron chi connectivity index (χ4n) is 3.33. The number of allylic oxidation sites excluding steroid dienone is 1. The fourth-order valence-corrected chi connectivity index (χ4v) is 6.07. The maximum Gasteiger partial charge on any atom is 0.263 e. The molecule has 0 spiro atoms. The van der Waals surface area contributed by atoms with Crippen molar-refractivity contribution in [2.24, 2.45) is 0 Å². The third kappa shape index (κ3) is 4.87. The first-order valence-corrected chi connectivity index (χ1v) is 12.9. The summed E-state index contributed by atoms with van der Waals surface area (Å²) in [5.74, 6) is -0.0733. The van der Waals surface area contributed by atoms with Gasteiger partial charge in [0.25, 0.3) is 5.56 Å². The van der Waals surface area contributed by atoms with E-state index in [0.717, 1.165) is 16.9 Å². The summed E-state index contributed by atoms with van der Waals surface area (Å²) in [6.45, 7) is 6.53. The van der Waals surface area contributed by atoms with Crippen LogP contribution in [-0.4, -0.2) is 27.3 Å². The lowest BCUT2D eigenvalue weighted by Crippen LogP contribution is -2.33. The van der Waals surface area contributed by atoms with E-state index in [1.807, 2.05) is 60.1 Å². The van der Waals surface area contributed by atoms with Crippen molar-refractivity contribution in [3.8, 4) is 10.4 Å². The zero-order valence-electron chi connectivity index (χ0n) is 17.6. The number of amides is 1. The highest BCUT2D eigenvalue weighted by molar-refractivity contribution is 8.00. The van der Waals surface area contributed by atoms with Gasteiger partial charge in [-0.05, 0) is 30.4 Å². The molecule has 1 atom stereocenters. The Labute approximate surface area is 198 Å². The van der Waals surface area contributed by atoms with Gasteiger partial charge < -0.3 is 5.32 Å². The SMILES string of the molecule is C=CCn1c(SC(C)C(=O)NCCc2ccccc2)nc2scc(-c3cccs3)c2c1=O. The number of carbonyl (C=O) groups is 1. The number of fused-ring (bicyclic) bond motifs is 1. The smallest absolute Gasteiger partial charge is 0.263 e. The Morgan fingerprint density at radius 1 is 1.25 bits per heavy atom. The molecule has 5 nitrogen and oxygen atoms in total. The summed E-state index contributed by atoms with van der Waals surface area (Å²) in [6.07, 6.45) is 2.46. The molecule has 0 aliphatic heterocycles. The van der Waals surface area contributed by atoms with Gasteiger partial charge in [0.1, 0.15) is 4.83 Å². The summed E-state index contributed by atoms with van der Waals surface area (Å²) in [7, 11) is 0. The summed E-state index contributed by atoms with van der Waals surface area (Å²) >= 11 is 4.36. The van der Waals surface area contributed by atoms with Crippen LogP contribution < -0.4 is 10.9 Å². The predicted octanol–water partition coefficient (Wildman–Crippen LogP) is 5.21. The number of rotatable bonds is 9. The zero-order valence-corrected chi connectivity index (χ0v) is 20.1. The average molecular weight is 482 g/mol. The van der Waals surface area contributed by atoms with Crippen LogP contribution >= 0.6 is 34.4 Å². The van der Waals surface area contributed by atoms with Crippen molar-refractivity contribution >= 4 is 50.6 Å². The summed E-state index contributed by atoms with van der Waals surface area (Å²) in [6, 6.07) is 14.0. The van der Waals surface area contributed by atoms with Crippen LogP contribution in [0, 0.1) is 0 Å². The third-order valence-electron chi connectivity index (χ3n) is 4.96. The highest BCUT2D eigenvalue weighted by atomic mass is 32.2. The molecular weight excluding hydrogens is 458 g/mol. The maximum atomic E-state index is 13.4. The summed E-state index contributed by atoms with van der Waals surface area (Å²) in [5.41, 5.74) is 2.00. The summed E-state index contributed by atoms with van der Waals surface area (Å²) < 4.78 is 1.61. The van der Waals surface area contributed by atoms with Crippen LogP contribution in [0.2, 0.25) is 0 Å². The van der Waals surface area contributed by atoms with E-state index in [0.29, 0.717) is 28.5 Å². The van der Waals surface area contributed by atoms with E-state index >= 15 is 0 Å². The van der Waals surface area contributed by atoms with Crippen molar-refractivity contribution in [1.29, 1.82) is 0 Å². The molecule has 0 aliphatic carbocycles. The topological polar surface area (TPSA) is 64.0 Å². The molecule has 1 aromatic carbocycles. The normalized spacial score (nSPS) is 12.0. The van der Waals surface area contributed by atoms with E-state index in [1.54, 1.807) is 22.0 Å². The molecule has 0 saturated heterocycles. The Bertz CT molecular complexity index is 1280. The molecule has 1 N–H and O–H groups in total. The predicted molar refractivity (Wildman–Crippen MR) is 136 cm³/mol. The second-order valence-electron chi connectivity index (χ2n) is 7.19. The van der Waals surface area contributed by atoms with Crippen LogP contribution in [0.5, 0.6) is 0 Å². The number of hydrogen-bond acceptors (Lipinski definition) is 6. The number of nitrogens with one attached hydrogen (secondary N) is 1. The van der Waals surface area contributed by atoms with Gasteiger partial charge in [-0.25, -0.2) is 4.98 Å². The van der Waals surface area contributed by atoms with E-state index in [2.05, 4.69) is 11.9 Å². The minimum Gasteiger partial charge on any atom is -0.355 e. The van der Waals surface area contributed by atoms with Crippen LogP contribution in [0.4, 0.5) is 0 Å². The fraction of sp³-hybridized carbons (Fsp3) is 0.208. The first-order valence-electron chi connectivity index (χ1n) is 10.2. The number of aromatic nitrogens is 2. The van der Waals surface area contributed by atoms with Crippen LogP contribution in [0.3, 0.4) is 0 Å². The second-order valence-corrected chi connectivity index (χ2v) is 10.3. The van der Waals surface area contributed by atoms with E-state index in [9.17, 15) is 9.59 Å². The minimum atomic E-state index is -0.386. The number of thiophene rings is 2. The first kappa shape index (κ1) is 22.5. The van der Waals surface area contributed by atoms with Gasteiger partial charge in [-0.2, -0.15) is 0 Å². The quantitative estimate of drug-likeness (QED) is 0.202. The van der Waals surface area contributed by atoms with Crippen LogP contribution in [-0.2, 0) is 17.8 Å². The average Bonchev–Trinajstić information content (AvgIpc) is 3.47. The van der Waals surface area contributed by atoms with Gasteiger partial charge in [0.2, 0.25) is 5.91 Å². The van der Waals surface area contributed by atoms with E-state index in [4.69, 9.17) is 4.98 Å². The van der Waals surface area contributed by atoms with Crippen LogP contribution in [0.25, 0.3) is 20.7 Å². The monoisotopic (exact) mass is 481 g/mol. The molecule has 1 unspecified atom stereocenters. The lowest BCUT2D eigenvalue weighted by Gasteiger charge is -2.15. The van der Waals surface area contributed by atoms with Crippen LogP contribution in [0.1, 0.15) is 12.5 Å². The summed E-state index contributed by atoms with van der Waals surface area (Å²) in [5, 5.41) is 7.74. The van der Waals surface area contributed by atoms with Crippen molar-refractivity contribution in [3.63, 3.8) is 0 Å². The van der Waals surface area contributed by atoms with E-state index in [-0.39, 0.29) is 16.7 Å². The Balaban J connectivity index is 1.54. The molecule has 0 fully saturated rings. The largest absolute Gasteiger partial charge is 0.355 e. The highest BCUT2D eigenvalue weighted by Gasteiger charge is 2.21. The van der Waals surface area contributed by atoms with E-state index < -0.39 is 0 Å². The van der Waals surface area contributed by atoms with Crippen molar-refractivity contribution in [2.75, 3.05) is 6.54 Å². The zero-order chi connectivity index (χ0) is 22.5. The second kappa shape index (κ2) is 10.3. The maximum absolute atomic E-state index is 13.4. The molecule has 1 amide bonds. The number of nitrogens with zero attached hydrogens (tertiary/aromatic N) is 2. The first-order chi connectivity index (χ1) is 15.6. The number of hydrogen-bond donors (Lipinski definition) is 1. The Kier molecular flexibility index (Phi) is 7.24. The molecule has 8 heteroatoms. The van der Waals surface area contributed by atoms with Crippen molar-refractivity contribution < 1.29 is 4.79 Å². The highest BCUT2D eigenvalue weighted by Crippen LogP contribution is 2.35. The van der Waals surface area contributed by atoms with Crippen molar-refractivity contribution in [1.82, 2.24) is 14.9 Å². The standard InChI is InChI=1S/C24H23N3O2S3/c1-3-13-27-23(29)20-18(19-10-7-14-30-19)15-31-22(20)26-24(27)32-16(2)21(28)25-12-11-17-8-5-4-6-9-17/h3-10,14-16H,1,11-13H2,2H3,(H,25,28). The molecule has 3 heterocycles. The lowest BCUT2D eigenvalue weighted by molar-refractivity contribution is -0.120. The molecule has 32 heavy (non-hydrogen) atoms. The minimum absolute atomic E-state index is 0.0733. The molecule has 0 bridgehead atoms. The van der Waals surface area contributed by atoms with Gasteiger partial charge in [0.15, 0.2) is 5.16 Å². The van der Waals surface area contributed by atoms with Crippen molar-refractivity contribution in [3.05, 3.63) is 81.8 Å². The lowest BCUT2D eigenvalue weighted by atomic mass is 10.1. The van der Waals surface area contributed by atoms with Gasteiger partial charge in [-0.1, -0.05) is 54.2 Å². The van der Waals surface area contributed by atoms with Crippen LogP contribution in [0.15, 0.2) is 75.8 Å². The molecule has 164 valence electrons. The van der Waals surface area contributed by atoms with Gasteiger partial charge in [-0.15, -0.1) is 29.3 Å². The van der Waals surface area contributed by atoms with Gasteiger partial charge in [-0.3, -0.25) is 14.2 Å². The number of benzene rings is 1. The van der Waals surface area contributed by atoms with Gasteiger partial charge >= 0.3 is 0 Å². The third-order valence-corrected chi connectivity index (χ3v) is 7.83. The van der Waals surface area contributed by atoms with E-state index in [1.165, 1.54) is 28.7 Å². The Morgan fingerprint density at radius 2 is 2.06 bits per heavy atom. The molecule has 4 aromatic rings. The molecule has 3 aromatic heterocycles. The molecule has 0 aliphatic rings. The number of thioether (sulfide) groups is 1. The van der Waals surface area contributed by atoms with Crippen molar-refractivity contribution in [2.45, 2.75) is 30.3 Å².